The number of nitrogen functional groups attached to an aromatic ring is 1. The maximum absolute atomic E-state index is 12.9. The topological polar surface area (TPSA) is 278 Å². The van der Waals surface area contributed by atoms with Gasteiger partial charge in [0.05, 0.1) is 25.4 Å². The van der Waals surface area contributed by atoms with E-state index < -0.39 is 83.7 Å². The molecular formula is C44H73N3O16P2. The van der Waals surface area contributed by atoms with Crippen LogP contribution in [0.2, 0.25) is 0 Å². The van der Waals surface area contributed by atoms with Crippen molar-refractivity contribution in [3.05, 3.63) is 59.2 Å². The molecule has 3 heterocycles. The molecule has 2 saturated heterocycles. The van der Waals surface area contributed by atoms with Gasteiger partial charge in [-0.2, -0.15) is 9.29 Å². The molecule has 1 aromatic heterocycles. The number of esters is 2. The highest BCUT2D eigenvalue weighted by Gasteiger charge is 2.46. The van der Waals surface area contributed by atoms with E-state index in [2.05, 4.69) is 66.5 Å². The first-order valence-electron chi connectivity index (χ1n) is 23.0. The van der Waals surface area contributed by atoms with Crippen molar-refractivity contribution in [3.63, 3.8) is 0 Å². The summed E-state index contributed by atoms with van der Waals surface area (Å²) in [5, 5.41) is 20.9. The van der Waals surface area contributed by atoms with Gasteiger partial charge in [-0.05, 0) is 63.4 Å². The van der Waals surface area contributed by atoms with Gasteiger partial charge in [0.15, 0.2) is 12.3 Å². The SMILES string of the molecule is CCCCC/C=C\C/C=C\C/C=C\CC1OC1CCCC(=O)O[C@H](COC(=O)CCCCCCCCC(C)C)COP(=O)(O)OP(=O)(O)OC[C@H]1O[C@@H](n2ccc(N)nc2=O)[C@H](O)[C@@H]1O. The molecule has 0 spiro atoms. The number of carbonyl (C=O) groups is 2. The third-order valence-corrected chi connectivity index (χ3v) is 13.2. The van der Waals surface area contributed by atoms with Crippen molar-refractivity contribution < 1.29 is 71.0 Å². The fourth-order valence-electron chi connectivity index (χ4n) is 6.88. The van der Waals surface area contributed by atoms with Crippen molar-refractivity contribution >= 4 is 33.4 Å². The largest absolute Gasteiger partial charge is 0.481 e. The molecule has 21 heteroatoms. The van der Waals surface area contributed by atoms with Gasteiger partial charge in [-0.25, -0.2) is 13.9 Å². The first-order chi connectivity index (χ1) is 31.0. The predicted molar refractivity (Wildman–Crippen MR) is 242 cm³/mol. The minimum Gasteiger partial charge on any atom is -0.462 e. The third kappa shape index (κ3) is 24.0. The number of nitrogens with two attached hydrogens (primary N) is 1. The number of ether oxygens (including phenoxy) is 4. The highest BCUT2D eigenvalue weighted by molar-refractivity contribution is 7.61. The lowest BCUT2D eigenvalue weighted by atomic mass is 10.0. The number of nitrogens with zero attached hydrogens (tertiary/aromatic N) is 2. The fraction of sp³-hybridized carbons (Fsp3) is 0.727. The van der Waals surface area contributed by atoms with Crippen LogP contribution in [-0.4, -0.2) is 97.9 Å². The van der Waals surface area contributed by atoms with Gasteiger partial charge in [0.25, 0.3) is 0 Å². The molecule has 0 amide bonds. The van der Waals surface area contributed by atoms with Crippen LogP contribution in [0.15, 0.2) is 53.5 Å². The zero-order chi connectivity index (χ0) is 47.7. The van der Waals surface area contributed by atoms with E-state index in [1.807, 2.05) is 0 Å². The molecule has 0 aromatic carbocycles. The molecule has 0 bridgehead atoms. The van der Waals surface area contributed by atoms with Gasteiger partial charge in [-0.3, -0.25) is 23.2 Å². The number of anilines is 1. The molecule has 2 aliphatic rings. The molecule has 3 rings (SSSR count). The Balaban J connectivity index is 1.45. The Morgan fingerprint density at radius 1 is 0.815 bits per heavy atom. The van der Waals surface area contributed by atoms with E-state index in [1.54, 1.807) is 0 Å². The lowest BCUT2D eigenvalue weighted by Crippen LogP contribution is -2.36. The van der Waals surface area contributed by atoms with E-state index in [1.165, 1.54) is 38.2 Å². The summed E-state index contributed by atoms with van der Waals surface area (Å²) >= 11 is 0. The van der Waals surface area contributed by atoms with E-state index in [0.717, 1.165) is 62.1 Å². The summed E-state index contributed by atoms with van der Waals surface area (Å²) in [5.74, 6) is -0.718. The number of aliphatic hydroxyl groups excluding tert-OH is 2. The number of phosphoric acid groups is 2. The van der Waals surface area contributed by atoms with Gasteiger partial charge in [0.1, 0.15) is 30.7 Å². The number of epoxide rings is 1. The van der Waals surface area contributed by atoms with Crippen LogP contribution in [0.1, 0.15) is 143 Å². The summed E-state index contributed by atoms with van der Waals surface area (Å²) in [7, 11) is -10.9. The minimum atomic E-state index is -5.44. The quantitative estimate of drug-likeness (QED) is 0.0147. The van der Waals surface area contributed by atoms with E-state index in [0.29, 0.717) is 25.2 Å². The zero-order valence-electron chi connectivity index (χ0n) is 38.1. The van der Waals surface area contributed by atoms with E-state index in [4.69, 9.17) is 33.7 Å². The first kappa shape index (κ1) is 56.3. The highest BCUT2D eigenvalue weighted by Crippen LogP contribution is 2.60. The van der Waals surface area contributed by atoms with Crippen LogP contribution in [0.3, 0.4) is 0 Å². The average molecular weight is 962 g/mol. The maximum Gasteiger partial charge on any atom is 0.481 e. The minimum absolute atomic E-state index is 0.00428. The van der Waals surface area contributed by atoms with Gasteiger partial charge >= 0.3 is 33.3 Å². The number of hydrogen-bond acceptors (Lipinski definition) is 16. The second kappa shape index (κ2) is 30.3. The highest BCUT2D eigenvalue weighted by atomic mass is 31.3. The van der Waals surface area contributed by atoms with E-state index >= 15 is 0 Å². The molecule has 0 saturated carbocycles. The summed E-state index contributed by atoms with van der Waals surface area (Å²) in [4.78, 5) is 61.7. The van der Waals surface area contributed by atoms with Crippen LogP contribution >= 0.6 is 15.6 Å². The molecule has 0 radical (unpaired) electrons. The van der Waals surface area contributed by atoms with Gasteiger partial charge in [0, 0.05) is 19.0 Å². The molecule has 2 aliphatic heterocycles. The molecule has 9 atom stereocenters. The molecular weight excluding hydrogens is 888 g/mol. The summed E-state index contributed by atoms with van der Waals surface area (Å²) in [6, 6.07) is 1.24. The Kier molecular flexibility index (Phi) is 26.3. The number of phosphoric ester groups is 2. The summed E-state index contributed by atoms with van der Waals surface area (Å²) in [6.45, 7) is 4.21. The van der Waals surface area contributed by atoms with Crippen LogP contribution in [0, 0.1) is 5.92 Å². The molecule has 1 aromatic rings. The molecule has 6 N–H and O–H groups in total. The van der Waals surface area contributed by atoms with Gasteiger partial charge in [0.2, 0.25) is 0 Å². The van der Waals surface area contributed by atoms with E-state index in [-0.39, 0.29) is 30.9 Å². The summed E-state index contributed by atoms with van der Waals surface area (Å²) in [5.41, 5.74) is 4.57. The molecule has 0 aliphatic carbocycles. The van der Waals surface area contributed by atoms with Crippen molar-refractivity contribution in [3.8, 4) is 0 Å². The number of allylic oxidation sites excluding steroid dienone is 5. The Morgan fingerprint density at radius 2 is 1.48 bits per heavy atom. The molecule has 65 heavy (non-hydrogen) atoms. The standard InChI is InChI=1S/C44H73N3O16P2/c1-4-5-6-7-8-9-10-11-12-13-17-20-24-35-36(61-35)25-22-27-40(49)60-34(30-57-39(48)26-21-18-15-14-16-19-23-33(2)3)31-58-64(53,54)63-65(55,56)59-32-37-41(50)42(51)43(62-37)47-29-28-38(45)46-44(47)52/h8-9,11-12,17,20,28-29,33-37,41-43,50-51H,4-7,10,13-16,18-19,21-27,30-32H2,1-3H3,(H,53,54)(H,55,56)(H2,45,46,52)/b9-8-,12-11-,20-17-/t34-,35?,36?,37-,41-,42-,43-/m1/s1. The molecule has 19 nitrogen and oxygen atoms in total. The second-order valence-corrected chi connectivity index (χ2v) is 19.8. The smallest absolute Gasteiger partial charge is 0.462 e. The summed E-state index contributed by atoms with van der Waals surface area (Å²) < 4.78 is 62.3. The van der Waals surface area contributed by atoms with Crippen molar-refractivity contribution in [1.29, 1.82) is 0 Å². The van der Waals surface area contributed by atoms with Gasteiger partial charge in [-0.15, -0.1) is 0 Å². The zero-order valence-corrected chi connectivity index (χ0v) is 39.9. The maximum atomic E-state index is 12.9. The molecule has 2 fully saturated rings. The number of aromatic nitrogens is 2. The number of hydrogen-bond donors (Lipinski definition) is 5. The number of aliphatic hydroxyl groups is 2. The van der Waals surface area contributed by atoms with Crippen molar-refractivity contribution in [2.24, 2.45) is 5.92 Å². The van der Waals surface area contributed by atoms with E-state index in [9.17, 15) is 43.5 Å². The fourth-order valence-corrected chi connectivity index (χ4v) is 8.99. The molecule has 370 valence electrons. The first-order valence-corrected chi connectivity index (χ1v) is 26.0. The summed E-state index contributed by atoms with van der Waals surface area (Å²) in [6.07, 6.45) is 21.6. The van der Waals surface area contributed by atoms with Crippen LogP contribution in [0.5, 0.6) is 0 Å². The van der Waals surface area contributed by atoms with Crippen molar-refractivity contribution in [2.75, 3.05) is 25.6 Å². The molecule has 4 unspecified atom stereocenters. The Labute approximate surface area is 382 Å². The second-order valence-electron chi connectivity index (χ2n) is 16.8. The normalized spacial score (nSPS) is 23.3. The van der Waals surface area contributed by atoms with Crippen LogP contribution in [0.25, 0.3) is 0 Å². The van der Waals surface area contributed by atoms with Crippen molar-refractivity contribution in [1.82, 2.24) is 9.55 Å². The Bertz CT molecular complexity index is 1810. The monoisotopic (exact) mass is 961 g/mol. The van der Waals surface area contributed by atoms with Crippen LogP contribution in [-0.2, 0) is 51.0 Å². The number of unbranched alkanes of at least 4 members (excludes halogenated alkanes) is 8. The van der Waals surface area contributed by atoms with Crippen LogP contribution in [0.4, 0.5) is 5.82 Å². The Morgan fingerprint density at radius 3 is 2.18 bits per heavy atom. The lowest BCUT2D eigenvalue weighted by Gasteiger charge is -2.21. The Hall–Kier alpha value is -3.06. The average Bonchev–Trinajstić information content (AvgIpc) is 3.93. The number of carbonyl (C=O) groups excluding carboxylic acids is 2. The lowest BCUT2D eigenvalue weighted by molar-refractivity contribution is -0.161. The van der Waals surface area contributed by atoms with Gasteiger partial charge in [-0.1, -0.05) is 109 Å². The third-order valence-electron chi connectivity index (χ3n) is 10.6. The van der Waals surface area contributed by atoms with Crippen molar-refractivity contribution in [2.45, 2.75) is 179 Å². The number of rotatable bonds is 35. The van der Waals surface area contributed by atoms with Gasteiger partial charge < -0.3 is 44.7 Å². The predicted octanol–water partition coefficient (Wildman–Crippen LogP) is 7.28. The van der Waals surface area contributed by atoms with Crippen LogP contribution < -0.4 is 11.4 Å².